The summed E-state index contributed by atoms with van der Waals surface area (Å²) in [7, 11) is 0. The second-order valence-electron chi connectivity index (χ2n) is 7.48. The molecule has 4 rings (SSSR count). The maximum Gasteiger partial charge on any atom is 0.321 e. The van der Waals surface area contributed by atoms with Crippen LogP contribution in [0.5, 0.6) is 0 Å². The summed E-state index contributed by atoms with van der Waals surface area (Å²) in [5.74, 6) is -0.0818. The van der Waals surface area contributed by atoms with E-state index in [9.17, 15) is 9.59 Å². The van der Waals surface area contributed by atoms with Crippen LogP contribution in [0.15, 0.2) is 48.5 Å². The van der Waals surface area contributed by atoms with Gasteiger partial charge in [-0.2, -0.15) is 0 Å². The van der Waals surface area contributed by atoms with Crippen molar-refractivity contribution in [2.24, 2.45) is 0 Å². The maximum absolute atomic E-state index is 12.5. The van der Waals surface area contributed by atoms with E-state index in [2.05, 4.69) is 46.7 Å². The molecule has 2 aliphatic heterocycles. The van der Waals surface area contributed by atoms with Crippen molar-refractivity contribution < 1.29 is 9.59 Å². The van der Waals surface area contributed by atoms with E-state index in [0.29, 0.717) is 25.2 Å². The minimum absolute atomic E-state index is 0.0818. The van der Waals surface area contributed by atoms with Gasteiger partial charge in [0.25, 0.3) is 5.91 Å². The molecule has 2 N–H and O–H groups in total. The first kappa shape index (κ1) is 18.5. The van der Waals surface area contributed by atoms with Crippen LogP contribution in [0.3, 0.4) is 0 Å². The summed E-state index contributed by atoms with van der Waals surface area (Å²) in [6.07, 6.45) is 1.06. The van der Waals surface area contributed by atoms with Crippen molar-refractivity contribution in [1.82, 2.24) is 15.5 Å². The lowest BCUT2D eigenvalue weighted by Crippen LogP contribution is -2.44. The van der Waals surface area contributed by atoms with E-state index in [1.165, 1.54) is 11.1 Å². The van der Waals surface area contributed by atoms with Crippen LogP contribution in [0.1, 0.15) is 28.4 Å². The molecule has 0 aliphatic carbocycles. The Labute approximate surface area is 165 Å². The Morgan fingerprint density at radius 3 is 2.57 bits per heavy atom. The predicted molar refractivity (Wildman–Crippen MR) is 110 cm³/mol. The molecule has 2 aromatic rings. The second kappa shape index (κ2) is 8.02. The van der Waals surface area contributed by atoms with Gasteiger partial charge in [-0.3, -0.25) is 14.6 Å². The minimum atomic E-state index is -0.0888. The largest absolute Gasteiger partial charge is 0.350 e. The monoisotopic (exact) mass is 378 g/mol. The fraction of sp³-hybridized carbons (Fsp3) is 0.364. The average molecular weight is 378 g/mol. The van der Waals surface area contributed by atoms with Gasteiger partial charge in [0, 0.05) is 50.0 Å². The highest BCUT2D eigenvalue weighted by molar-refractivity contribution is 5.97. The first-order valence-corrected chi connectivity index (χ1v) is 9.86. The fourth-order valence-corrected chi connectivity index (χ4v) is 3.88. The van der Waals surface area contributed by atoms with Crippen LogP contribution in [0.4, 0.5) is 10.5 Å². The third kappa shape index (κ3) is 3.87. The van der Waals surface area contributed by atoms with Gasteiger partial charge in [0.15, 0.2) is 0 Å². The highest BCUT2D eigenvalue weighted by Crippen LogP contribution is 2.20. The lowest BCUT2D eigenvalue weighted by atomic mass is 9.99. The van der Waals surface area contributed by atoms with Crippen LogP contribution in [-0.4, -0.2) is 49.1 Å². The quantitative estimate of drug-likeness (QED) is 0.840. The Morgan fingerprint density at radius 1 is 1.11 bits per heavy atom. The summed E-state index contributed by atoms with van der Waals surface area (Å²) in [6.45, 7) is 6.02. The standard InChI is InChI=1S/C22H26N4O2/c1-16(25-12-10-17-4-2-3-5-19(17)15-25)14-24-21(27)18-6-8-20(9-7-18)26-13-11-23-22(26)28/h2-9,16H,10-15H2,1H3,(H,23,28)(H,24,27). The van der Waals surface area contributed by atoms with E-state index in [4.69, 9.17) is 0 Å². The van der Waals surface area contributed by atoms with E-state index in [-0.39, 0.29) is 18.0 Å². The number of fused-ring (bicyclic) bond motifs is 1. The van der Waals surface area contributed by atoms with Crippen LogP contribution < -0.4 is 15.5 Å². The smallest absolute Gasteiger partial charge is 0.321 e. The number of hydrogen-bond acceptors (Lipinski definition) is 3. The second-order valence-corrected chi connectivity index (χ2v) is 7.48. The zero-order valence-electron chi connectivity index (χ0n) is 16.1. The van der Waals surface area contributed by atoms with Gasteiger partial charge in [-0.15, -0.1) is 0 Å². The molecule has 0 aromatic heterocycles. The fourth-order valence-electron chi connectivity index (χ4n) is 3.88. The molecule has 6 heteroatoms. The van der Waals surface area contributed by atoms with Gasteiger partial charge >= 0.3 is 6.03 Å². The summed E-state index contributed by atoms with van der Waals surface area (Å²) in [5, 5.41) is 5.82. The first-order chi connectivity index (χ1) is 13.6. The number of anilines is 1. The molecular weight excluding hydrogens is 352 g/mol. The van der Waals surface area contributed by atoms with E-state index in [0.717, 1.165) is 25.2 Å². The van der Waals surface area contributed by atoms with Crippen molar-refractivity contribution in [2.75, 3.05) is 31.1 Å². The lowest BCUT2D eigenvalue weighted by Gasteiger charge is -2.33. The van der Waals surface area contributed by atoms with Gasteiger partial charge in [0.2, 0.25) is 0 Å². The highest BCUT2D eigenvalue weighted by Gasteiger charge is 2.22. The minimum Gasteiger partial charge on any atom is -0.350 e. The molecule has 1 unspecified atom stereocenters. The third-order valence-electron chi connectivity index (χ3n) is 5.64. The molecule has 1 saturated heterocycles. The van der Waals surface area contributed by atoms with Gasteiger partial charge in [0.1, 0.15) is 0 Å². The number of urea groups is 1. The summed E-state index contributed by atoms with van der Waals surface area (Å²) in [6, 6.07) is 16.0. The Hall–Kier alpha value is -2.86. The molecule has 1 atom stereocenters. The van der Waals surface area contributed by atoms with Crippen molar-refractivity contribution in [3.05, 3.63) is 65.2 Å². The van der Waals surface area contributed by atoms with Gasteiger partial charge in [-0.25, -0.2) is 4.79 Å². The molecule has 0 radical (unpaired) electrons. The number of amides is 3. The Morgan fingerprint density at radius 2 is 1.86 bits per heavy atom. The van der Waals surface area contributed by atoms with E-state index < -0.39 is 0 Å². The highest BCUT2D eigenvalue weighted by atomic mass is 16.2. The Kier molecular flexibility index (Phi) is 5.30. The van der Waals surface area contributed by atoms with Gasteiger partial charge in [-0.1, -0.05) is 24.3 Å². The zero-order valence-corrected chi connectivity index (χ0v) is 16.1. The lowest BCUT2D eigenvalue weighted by molar-refractivity contribution is 0.0932. The van der Waals surface area contributed by atoms with Crippen LogP contribution in [0.2, 0.25) is 0 Å². The predicted octanol–water partition coefficient (Wildman–Crippen LogP) is 2.39. The molecule has 3 amide bonds. The van der Waals surface area contributed by atoms with Gasteiger partial charge < -0.3 is 10.6 Å². The SMILES string of the molecule is CC(CNC(=O)c1ccc(N2CCNC2=O)cc1)N1CCc2ccccc2C1. The third-order valence-corrected chi connectivity index (χ3v) is 5.64. The molecule has 0 saturated carbocycles. The van der Waals surface area contributed by atoms with Crippen molar-refractivity contribution in [2.45, 2.75) is 25.9 Å². The van der Waals surface area contributed by atoms with Crippen LogP contribution >= 0.6 is 0 Å². The number of nitrogens with zero attached hydrogens (tertiary/aromatic N) is 2. The maximum atomic E-state index is 12.5. The molecule has 2 aliphatic rings. The van der Waals surface area contributed by atoms with Crippen molar-refractivity contribution in [3.8, 4) is 0 Å². The molecule has 6 nitrogen and oxygen atoms in total. The van der Waals surface area contributed by atoms with Gasteiger partial charge in [0.05, 0.1) is 0 Å². The summed E-state index contributed by atoms with van der Waals surface area (Å²) in [5.41, 5.74) is 4.24. The van der Waals surface area contributed by atoms with Gasteiger partial charge in [-0.05, 0) is 48.7 Å². The molecular formula is C22H26N4O2. The Bertz CT molecular complexity index is 865. The van der Waals surface area contributed by atoms with E-state index in [1.807, 2.05) is 12.1 Å². The first-order valence-electron chi connectivity index (χ1n) is 9.86. The molecule has 28 heavy (non-hydrogen) atoms. The number of hydrogen-bond donors (Lipinski definition) is 2. The zero-order chi connectivity index (χ0) is 19.5. The topological polar surface area (TPSA) is 64.7 Å². The molecule has 0 spiro atoms. The summed E-state index contributed by atoms with van der Waals surface area (Å²) >= 11 is 0. The normalized spacial score (nSPS) is 17.8. The summed E-state index contributed by atoms with van der Waals surface area (Å²) in [4.78, 5) is 28.3. The molecule has 146 valence electrons. The van der Waals surface area contributed by atoms with Crippen LogP contribution in [-0.2, 0) is 13.0 Å². The Balaban J connectivity index is 1.31. The molecule has 0 bridgehead atoms. The van der Waals surface area contributed by atoms with Crippen molar-refractivity contribution in [3.63, 3.8) is 0 Å². The number of nitrogens with one attached hydrogen (secondary N) is 2. The number of rotatable bonds is 5. The molecule has 1 fully saturated rings. The number of benzene rings is 2. The number of carbonyl (C=O) groups is 2. The van der Waals surface area contributed by atoms with Crippen molar-refractivity contribution in [1.29, 1.82) is 0 Å². The molecule has 2 heterocycles. The van der Waals surface area contributed by atoms with Crippen molar-refractivity contribution >= 4 is 17.6 Å². The van der Waals surface area contributed by atoms with Crippen LogP contribution in [0.25, 0.3) is 0 Å². The average Bonchev–Trinajstić information content (AvgIpc) is 3.17. The van der Waals surface area contributed by atoms with E-state index >= 15 is 0 Å². The summed E-state index contributed by atoms with van der Waals surface area (Å²) < 4.78 is 0. The molecule has 2 aromatic carbocycles. The van der Waals surface area contributed by atoms with E-state index in [1.54, 1.807) is 17.0 Å². The van der Waals surface area contributed by atoms with Crippen LogP contribution in [0, 0.1) is 0 Å². The number of carbonyl (C=O) groups excluding carboxylic acids is 2.